The van der Waals surface area contributed by atoms with Gasteiger partial charge in [-0.3, -0.25) is 14.9 Å². The fourth-order valence-corrected chi connectivity index (χ4v) is 4.42. The monoisotopic (exact) mass is 474 g/mol. The Morgan fingerprint density at radius 3 is 2.63 bits per heavy atom. The van der Waals surface area contributed by atoms with Crippen LogP contribution in [0.15, 0.2) is 54.7 Å². The highest BCUT2D eigenvalue weighted by Crippen LogP contribution is 2.33. The van der Waals surface area contributed by atoms with E-state index in [0.717, 1.165) is 38.4 Å². The Labute approximate surface area is 202 Å². The largest absolute Gasteiger partial charge is 0.496 e. The van der Waals surface area contributed by atoms with Crippen LogP contribution in [0.5, 0.6) is 5.75 Å². The molecule has 0 spiro atoms. The molecule has 8 nitrogen and oxygen atoms in total. The van der Waals surface area contributed by atoms with Gasteiger partial charge in [-0.1, -0.05) is 13.0 Å². The quantitative estimate of drug-likeness (QED) is 0.436. The Bertz CT molecular complexity index is 1350. The van der Waals surface area contributed by atoms with E-state index in [4.69, 9.17) is 4.74 Å². The van der Waals surface area contributed by atoms with E-state index in [-0.39, 0.29) is 17.2 Å². The first-order valence-electron chi connectivity index (χ1n) is 11.6. The molecule has 35 heavy (non-hydrogen) atoms. The van der Waals surface area contributed by atoms with Crippen LogP contribution in [0.25, 0.3) is 22.2 Å². The number of benzene rings is 2. The summed E-state index contributed by atoms with van der Waals surface area (Å²) in [6.45, 7) is 7.34. The number of hydrogen-bond acceptors (Lipinski definition) is 6. The summed E-state index contributed by atoms with van der Waals surface area (Å²) < 4.78 is 19.9. The number of pyridine rings is 1. The maximum absolute atomic E-state index is 14.6. The van der Waals surface area contributed by atoms with E-state index in [1.54, 1.807) is 18.2 Å². The van der Waals surface area contributed by atoms with Crippen molar-refractivity contribution in [1.29, 1.82) is 0 Å². The zero-order valence-electron chi connectivity index (χ0n) is 19.7. The lowest BCUT2D eigenvalue weighted by Crippen LogP contribution is -2.46. The lowest BCUT2D eigenvalue weighted by atomic mass is 10.1. The van der Waals surface area contributed by atoms with Gasteiger partial charge in [-0.25, -0.2) is 4.39 Å². The molecule has 0 unspecified atom stereocenters. The number of anilines is 2. The summed E-state index contributed by atoms with van der Waals surface area (Å²) in [5.74, 6) is -0.456. The average molecular weight is 475 g/mol. The molecular formula is C26H27FN6O2. The number of aromatic amines is 1. The number of rotatable bonds is 6. The summed E-state index contributed by atoms with van der Waals surface area (Å²) in [6, 6.07) is 14.1. The molecule has 2 N–H and O–H groups in total. The molecule has 0 bridgehead atoms. The number of halogens is 1. The molecule has 180 valence electrons. The number of aromatic nitrogens is 3. The van der Waals surface area contributed by atoms with Gasteiger partial charge in [0.1, 0.15) is 11.6 Å². The maximum Gasteiger partial charge on any atom is 0.276 e. The van der Waals surface area contributed by atoms with Crippen LogP contribution in [0.1, 0.15) is 17.4 Å². The molecule has 0 radical (unpaired) electrons. The van der Waals surface area contributed by atoms with E-state index >= 15 is 0 Å². The van der Waals surface area contributed by atoms with Crippen LogP contribution < -0.4 is 15.0 Å². The minimum Gasteiger partial charge on any atom is -0.496 e. The SMILES string of the molecule is CCN1CCN(c2ccc(NC(=O)c3n[nH]c4cnc(-c5c(F)cccc5OC)cc34)cc2)CC1. The molecule has 4 aromatic rings. The molecular weight excluding hydrogens is 447 g/mol. The van der Waals surface area contributed by atoms with Gasteiger partial charge in [0, 0.05) is 42.9 Å². The van der Waals surface area contributed by atoms with E-state index in [2.05, 4.69) is 37.2 Å². The Kier molecular flexibility index (Phi) is 6.33. The highest BCUT2D eigenvalue weighted by Gasteiger charge is 2.19. The third-order valence-corrected chi connectivity index (χ3v) is 6.42. The van der Waals surface area contributed by atoms with Crippen LogP contribution in [0.4, 0.5) is 15.8 Å². The summed E-state index contributed by atoms with van der Waals surface area (Å²) in [7, 11) is 1.48. The number of ether oxygens (including phenoxy) is 1. The van der Waals surface area contributed by atoms with E-state index in [0.29, 0.717) is 28.0 Å². The van der Waals surface area contributed by atoms with E-state index < -0.39 is 5.82 Å². The van der Waals surface area contributed by atoms with Gasteiger partial charge in [0.2, 0.25) is 0 Å². The third-order valence-electron chi connectivity index (χ3n) is 6.42. The van der Waals surface area contributed by atoms with Crippen molar-refractivity contribution in [3.05, 3.63) is 66.2 Å². The Morgan fingerprint density at radius 1 is 1.14 bits per heavy atom. The second kappa shape index (κ2) is 9.71. The first kappa shape index (κ1) is 22.8. The molecule has 0 atom stereocenters. The number of fused-ring (bicyclic) bond motifs is 1. The molecule has 2 aromatic heterocycles. The Balaban J connectivity index is 1.36. The van der Waals surface area contributed by atoms with Gasteiger partial charge in [0.05, 0.1) is 30.1 Å². The zero-order chi connectivity index (χ0) is 24.4. The minimum absolute atomic E-state index is 0.207. The second-order valence-corrected chi connectivity index (χ2v) is 8.43. The van der Waals surface area contributed by atoms with Gasteiger partial charge < -0.3 is 19.9 Å². The molecule has 1 saturated heterocycles. The van der Waals surface area contributed by atoms with E-state index in [1.807, 2.05) is 24.3 Å². The van der Waals surface area contributed by atoms with Crippen molar-refractivity contribution >= 4 is 28.2 Å². The molecule has 5 rings (SSSR count). The highest BCUT2D eigenvalue weighted by atomic mass is 19.1. The highest BCUT2D eigenvalue weighted by molar-refractivity contribution is 6.11. The topological polar surface area (TPSA) is 86.4 Å². The van der Waals surface area contributed by atoms with Gasteiger partial charge in [0.25, 0.3) is 5.91 Å². The van der Waals surface area contributed by atoms with Crippen molar-refractivity contribution in [1.82, 2.24) is 20.1 Å². The number of nitrogens with zero attached hydrogens (tertiary/aromatic N) is 4. The lowest BCUT2D eigenvalue weighted by Gasteiger charge is -2.35. The summed E-state index contributed by atoms with van der Waals surface area (Å²) >= 11 is 0. The van der Waals surface area contributed by atoms with Crippen molar-refractivity contribution < 1.29 is 13.9 Å². The average Bonchev–Trinajstić information content (AvgIpc) is 3.32. The molecule has 9 heteroatoms. The number of methoxy groups -OCH3 is 1. The number of nitrogens with one attached hydrogen (secondary N) is 2. The smallest absolute Gasteiger partial charge is 0.276 e. The van der Waals surface area contributed by atoms with Crippen LogP contribution in [0.2, 0.25) is 0 Å². The number of amides is 1. The lowest BCUT2D eigenvalue weighted by molar-refractivity contribution is 0.102. The standard InChI is InChI=1S/C26H27FN6O2/c1-3-32-11-13-33(14-12-32)18-9-7-17(8-10-18)29-26(34)25-19-15-21(28-16-22(19)30-31-25)24-20(27)5-4-6-23(24)35-2/h4-10,15-16H,3,11-14H2,1-2H3,(H,29,34)(H,30,31). The summed E-state index contributed by atoms with van der Waals surface area (Å²) in [6.07, 6.45) is 1.54. The van der Waals surface area contributed by atoms with Crippen LogP contribution >= 0.6 is 0 Å². The first-order valence-corrected chi connectivity index (χ1v) is 11.6. The van der Waals surface area contributed by atoms with Crippen molar-refractivity contribution in [2.45, 2.75) is 6.92 Å². The van der Waals surface area contributed by atoms with E-state index in [1.165, 1.54) is 19.4 Å². The molecule has 1 amide bonds. The predicted molar refractivity (Wildman–Crippen MR) is 135 cm³/mol. The number of carbonyl (C=O) groups excluding carboxylic acids is 1. The number of hydrogen-bond donors (Lipinski definition) is 2. The first-order chi connectivity index (χ1) is 17.1. The number of piperazine rings is 1. The fourth-order valence-electron chi connectivity index (χ4n) is 4.42. The number of likely N-dealkylation sites (N-methyl/N-ethyl adjacent to an activating group) is 1. The molecule has 1 fully saturated rings. The summed E-state index contributed by atoms with van der Waals surface area (Å²) in [5, 5.41) is 10.5. The summed E-state index contributed by atoms with van der Waals surface area (Å²) in [4.78, 5) is 22.2. The number of H-pyrrole nitrogens is 1. The van der Waals surface area contributed by atoms with Crippen molar-refractivity contribution in [3.63, 3.8) is 0 Å². The minimum atomic E-state index is -0.457. The van der Waals surface area contributed by atoms with Crippen molar-refractivity contribution in [2.75, 3.05) is 50.1 Å². The van der Waals surface area contributed by atoms with Gasteiger partial charge >= 0.3 is 0 Å². The molecule has 0 aliphatic carbocycles. The van der Waals surface area contributed by atoms with E-state index in [9.17, 15) is 9.18 Å². The summed E-state index contributed by atoms with van der Waals surface area (Å²) in [5.41, 5.74) is 3.19. The fraction of sp³-hybridized carbons (Fsp3) is 0.269. The van der Waals surface area contributed by atoms with Crippen molar-refractivity contribution in [3.8, 4) is 17.0 Å². The normalized spacial score (nSPS) is 14.3. The molecule has 2 aromatic carbocycles. The molecule has 1 aliphatic rings. The molecule has 1 aliphatic heterocycles. The Hall–Kier alpha value is -3.98. The van der Waals surface area contributed by atoms with Crippen molar-refractivity contribution in [2.24, 2.45) is 0 Å². The number of carbonyl (C=O) groups is 1. The zero-order valence-corrected chi connectivity index (χ0v) is 19.7. The molecule has 3 heterocycles. The van der Waals surface area contributed by atoms with Crippen LogP contribution in [0.3, 0.4) is 0 Å². The Morgan fingerprint density at radius 2 is 1.91 bits per heavy atom. The molecule has 0 saturated carbocycles. The van der Waals surface area contributed by atoms with Gasteiger partial charge in [-0.15, -0.1) is 0 Å². The van der Waals surface area contributed by atoms with Gasteiger partial charge in [0.15, 0.2) is 5.69 Å². The van der Waals surface area contributed by atoms with Crippen LogP contribution in [-0.4, -0.2) is 65.8 Å². The maximum atomic E-state index is 14.6. The van der Waals surface area contributed by atoms with Gasteiger partial charge in [-0.05, 0) is 49.0 Å². The van der Waals surface area contributed by atoms with Gasteiger partial charge in [-0.2, -0.15) is 5.10 Å². The van der Waals surface area contributed by atoms with Crippen LogP contribution in [0, 0.1) is 5.82 Å². The van der Waals surface area contributed by atoms with Crippen LogP contribution in [-0.2, 0) is 0 Å². The second-order valence-electron chi connectivity index (χ2n) is 8.43. The third kappa shape index (κ3) is 4.54. The predicted octanol–water partition coefficient (Wildman–Crippen LogP) is 4.17.